The van der Waals surface area contributed by atoms with Crippen molar-refractivity contribution in [2.75, 3.05) is 6.54 Å². The SMILES string of the molecule is CCCN(S(=O)[O-])C(C)(C)C. The normalized spacial score (nSPS) is 15.5. The molecular formula is C7H16NO2S-. The smallest absolute Gasteiger partial charge is 0.0241 e. The lowest BCUT2D eigenvalue weighted by Crippen LogP contribution is -2.42. The third kappa shape index (κ3) is 3.84. The van der Waals surface area contributed by atoms with Crippen molar-refractivity contribution in [3.8, 4) is 0 Å². The van der Waals surface area contributed by atoms with E-state index in [1.165, 1.54) is 4.31 Å². The van der Waals surface area contributed by atoms with Gasteiger partial charge < -0.3 is 4.55 Å². The van der Waals surface area contributed by atoms with E-state index in [4.69, 9.17) is 0 Å². The van der Waals surface area contributed by atoms with Crippen LogP contribution in [0.5, 0.6) is 0 Å². The van der Waals surface area contributed by atoms with E-state index in [0.29, 0.717) is 6.54 Å². The minimum Gasteiger partial charge on any atom is -0.760 e. The van der Waals surface area contributed by atoms with Gasteiger partial charge >= 0.3 is 0 Å². The van der Waals surface area contributed by atoms with Gasteiger partial charge in [-0.05, 0) is 27.2 Å². The predicted molar refractivity (Wildman–Crippen MR) is 45.7 cm³/mol. The summed E-state index contributed by atoms with van der Waals surface area (Å²) in [4.78, 5) is 0. The Hall–Kier alpha value is 0.0700. The molecule has 0 amide bonds. The molecule has 1 atom stereocenters. The van der Waals surface area contributed by atoms with Gasteiger partial charge in [0, 0.05) is 23.4 Å². The maximum absolute atomic E-state index is 10.7. The molecule has 0 heterocycles. The van der Waals surface area contributed by atoms with Crippen LogP contribution in [0, 0.1) is 0 Å². The van der Waals surface area contributed by atoms with Gasteiger partial charge in [0.15, 0.2) is 0 Å². The summed E-state index contributed by atoms with van der Waals surface area (Å²) in [6.45, 7) is 8.22. The van der Waals surface area contributed by atoms with E-state index in [1.54, 1.807) is 0 Å². The van der Waals surface area contributed by atoms with Gasteiger partial charge in [-0.15, -0.1) is 0 Å². The van der Waals surface area contributed by atoms with E-state index in [0.717, 1.165) is 6.42 Å². The molecule has 0 aromatic carbocycles. The van der Waals surface area contributed by atoms with Crippen LogP contribution in [0.4, 0.5) is 0 Å². The van der Waals surface area contributed by atoms with E-state index in [2.05, 4.69) is 0 Å². The topological polar surface area (TPSA) is 43.4 Å². The molecule has 0 radical (unpaired) electrons. The highest BCUT2D eigenvalue weighted by Crippen LogP contribution is 2.14. The highest BCUT2D eigenvalue weighted by molar-refractivity contribution is 7.76. The van der Waals surface area contributed by atoms with Crippen LogP contribution in [0.3, 0.4) is 0 Å². The lowest BCUT2D eigenvalue weighted by atomic mass is 10.1. The van der Waals surface area contributed by atoms with Crippen LogP contribution in [-0.4, -0.2) is 25.2 Å². The molecule has 0 aliphatic rings. The van der Waals surface area contributed by atoms with Crippen molar-refractivity contribution in [3.63, 3.8) is 0 Å². The highest BCUT2D eigenvalue weighted by atomic mass is 32.2. The van der Waals surface area contributed by atoms with Crippen LogP contribution in [0.15, 0.2) is 0 Å². The molecule has 11 heavy (non-hydrogen) atoms. The summed E-state index contributed by atoms with van der Waals surface area (Å²) in [5.74, 6) is 0. The molecule has 0 spiro atoms. The molecule has 0 aliphatic carbocycles. The number of nitrogens with zero attached hydrogens (tertiary/aromatic N) is 1. The molecular weight excluding hydrogens is 162 g/mol. The fourth-order valence-electron chi connectivity index (χ4n) is 0.837. The van der Waals surface area contributed by atoms with Crippen LogP contribution in [0.2, 0.25) is 0 Å². The molecule has 0 N–H and O–H groups in total. The third-order valence-electron chi connectivity index (χ3n) is 1.35. The van der Waals surface area contributed by atoms with Crippen molar-refractivity contribution < 1.29 is 8.76 Å². The summed E-state index contributed by atoms with van der Waals surface area (Å²) >= 11 is -2.09. The number of hydrogen-bond donors (Lipinski definition) is 0. The molecule has 68 valence electrons. The van der Waals surface area contributed by atoms with Crippen LogP contribution in [0.25, 0.3) is 0 Å². The molecule has 0 aromatic rings. The second-order valence-corrected chi connectivity index (χ2v) is 4.37. The van der Waals surface area contributed by atoms with E-state index in [9.17, 15) is 8.76 Å². The molecule has 0 rings (SSSR count). The molecule has 4 heteroatoms. The van der Waals surface area contributed by atoms with Crippen molar-refractivity contribution in [3.05, 3.63) is 0 Å². The minimum atomic E-state index is -2.09. The number of rotatable bonds is 3. The first-order chi connectivity index (χ1) is 4.89. The van der Waals surface area contributed by atoms with Gasteiger partial charge in [-0.3, -0.25) is 4.21 Å². The van der Waals surface area contributed by atoms with Crippen molar-refractivity contribution >= 4 is 11.3 Å². The average Bonchev–Trinajstić information content (AvgIpc) is 1.79. The summed E-state index contributed by atoms with van der Waals surface area (Å²) in [5, 5.41) is 0. The summed E-state index contributed by atoms with van der Waals surface area (Å²) in [7, 11) is 0. The summed E-state index contributed by atoms with van der Waals surface area (Å²) in [6, 6.07) is 0. The van der Waals surface area contributed by atoms with Crippen molar-refractivity contribution in [2.24, 2.45) is 0 Å². The van der Waals surface area contributed by atoms with Crippen molar-refractivity contribution in [2.45, 2.75) is 39.7 Å². The lowest BCUT2D eigenvalue weighted by molar-refractivity contribution is 0.242. The molecule has 0 saturated heterocycles. The first kappa shape index (κ1) is 11.1. The molecule has 0 aliphatic heterocycles. The monoisotopic (exact) mass is 178 g/mol. The maximum atomic E-state index is 10.7. The fourth-order valence-corrected chi connectivity index (χ4v) is 1.62. The highest BCUT2D eigenvalue weighted by Gasteiger charge is 2.20. The van der Waals surface area contributed by atoms with Gasteiger partial charge in [0.1, 0.15) is 0 Å². The molecule has 1 unspecified atom stereocenters. The first-order valence-electron chi connectivity index (χ1n) is 3.76. The largest absolute Gasteiger partial charge is 0.760 e. The van der Waals surface area contributed by atoms with Gasteiger partial charge in [0.2, 0.25) is 0 Å². The summed E-state index contributed by atoms with van der Waals surface area (Å²) in [6.07, 6.45) is 0.852. The summed E-state index contributed by atoms with van der Waals surface area (Å²) < 4.78 is 22.8. The minimum absolute atomic E-state index is 0.289. The van der Waals surface area contributed by atoms with E-state index < -0.39 is 11.3 Å². The van der Waals surface area contributed by atoms with Gasteiger partial charge in [0.25, 0.3) is 0 Å². The Morgan fingerprint density at radius 2 is 1.91 bits per heavy atom. The standard InChI is InChI=1S/C7H17NO2S/c1-5-6-8(11(9)10)7(2,3)4/h5-6H2,1-4H3,(H,9,10)/p-1. The molecule has 0 saturated carbocycles. The van der Waals surface area contributed by atoms with Crippen LogP contribution < -0.4 is 0 Å². The van der Waals surface area contributed by atoms with Crippen molar-refractivity contribution in [1.29, 1.82) is 0 Å². The molecule has 0 aromatic heterocycles. The second kappa shape index (κ2) is 4.18. The first-order valence-corrected chi connectivity index (χ1v) is 4.79. The van der Waals surface area contributed by atoms with Gasteiger partial charge in [-0.2, -0.15) is 0 Å². The number of hydrogen-bond acceptors (Lipinski definition) is 2. The predicted octanol–water partition coefficient (Wildman–Crippen LogP) is 1.29. The molecule has 0 bridgehead atoms. The fraction of sp³-hybridized carbons (Fsp3) is 1.00. The lowest BCUT2D eigenvalue weighted by Gasteiger charge is -2.36. The average molecular weight is 178 g/mol. The Morgan fingerprint density at radius 1 is 1.45 bits per heavy atom. The zero-order valence-electron chi connectivity index (χ0n) is 7.59. The van der Waals surface area contributed by atoms with E-state index in [-0.39, 0.29) is 5.54 Å². The molecule has 0 fully saturated rings. The Bertz CT molecular complexity index is 142. The van der Waals surface area contributed by atoms with Crippen LogP contribution in [-0.2, 0) is 11.3 Å². The van der Waals surface area contributed by atoms with Crippen molar-refractivity contribution in [1.82, 2.24) is 4.31 Å². The Morgan fingerprint density at radius 3 is 2.00 bits per heavy atom. The Balaban J connectivity index is 4.22. The Labute approximate surface area is 71.2 Å². The van der Waals surface area contributed by atoms with Crippen LogP contribution in [0.1, 0.15) is 34.1 Å². The zero-order chi connectivity index (χ0) is 9.07. The molecule has 3 nitrogen and oxygen atoms in total. The second-order valence-electron chi connectivity index (χ2n) is 3.49. The zero-order valence-corrected chi connectivity index (χ0v) is 8.40. The van der Waals surface area contributed by atoms with Gasteiger partial charge in [-0.1, -0.05) is 6.92 Å². The van der Waals surface area contributed by atoms with Crippen LogP contribution >= 0.6 is 0 Å². The van der Waals surface area contributed by atoms with Gasteiger partial charge in [0.05, 0.1) is 0 Å². The quantitative estimate of drug-likeness (QED) is 0.611. The van der Waals surface area contributed by atoms with E-state index >= 15 is 0 Å². The maximum Gasteiger partial charge on any atom is 0.0241 e. The third-order valence-corrected chi connectivity index (χ3v) is 2.45. The van der Waals surface area contributed by atoms with E-state index in [1.807, 2.05) is 27.7 Å². The summed E-state index contributed by atoms with van der Waals surface area (Å²) in [5.41, 5.74) is -0.289. The van der Waals surface area contributed by atoms with Gasteiger partial charge in [-0.25, -0.2) is 4.31 Å². The Kier molecular flexibility index (Phi) is 4.21.